The Bertz CT molecular complexity index is 1060. The minimum atomic E-state index is -0.242. The number of nitrogens with one attached hydrogen (secondary N) is 1. The minimum absolute atomic E-state index is 0.0734. The van der Waals surface area contributed by atoms with Crippen LogP contribution in [0.2, 0.25) is 0 Å². The highest BCUT2D eigenvalue weighted by Gasteiger charge is 2.07. The summed E-state index contributed by atoms with van der Waals surface area (Å²) in [5, 5.41) is 7.17. The second-order valence-electron chi connectivity index (χ2n) is 6.98. The summed E-state index contributed by atoms with van der Waals surface area (Å²) in [5.41, 5.74) is 4.74. The van der Waals surface area contributed by atoms with E-state index in [-0.39, 0.29) is 24.6 Å². The molecule has 0 radical (unpaired) electrons. The van der Waals surface area contributed by atoms with Crippen molar-refractivity contribution in [2.45, 2.75) is 27.3 Å². The van der Waals surface area contributed by atoms with Gasteiger partial charge in [-0.15, -0.1) is 0 Å². The molecule has 1 amide bonds. The molecule has 1 heterocycles. The Morgan fingerprint density at radius 2 is 1.79 bits per heavy atom. The van der Waals surface area contributed by atoms with Crippen LogP contribution in [0.4, 0.5) is 0 Å². The zero-order chi connectivity index (χ0) is 20.8. The molecule has 6 nitrogen and oxygen atoms in total. The zero-order valence-electron chi connectivity index (χ0n) is 16.9. The second-order valence-corrected chi connectivity index (χ2v) is 6.98. The third kappa shape index (κ3) is 5.31. The molecule has 0 fully saturated rings. The number of amides is 1. The molecule has 3 rings (SSSR count). The van der Waals surface area contributed by atoms with Crippen molar-refractivity contribution in [3.05, 3.63) is 81.6 Å². The second kappa shape index (κ2) is 9.19. The SMILES string of the molecule is Cc1ccc(-c2ccc(=O)n(CCNC(=O)COc3cccc(C)c3C)n2)cc1. The van der Waals surface area contributed by atoms with Crippen molar-refractivity contribution >= 4 is 5.91 Å². The van der Waals surface area contributed by atoms with Gasteiger partial charge in [0.05, 0.1) is 12.2 Å². The number of rotatable bonds is 7. The lowest BCUT2D eigenvalue weighted by atomic mass is 10.1. The molecule has 29 heavy (non-hydrogen) atoms. The van der Waals surface area contributed by atoms with Crippen LogP contribution in [0, 0.1) is 20.8 Å². The average Bonchev–Trinajstić information content (AvgIpc) is 2.71. The first-order valence-corrected chi connectivity index (χ1v) is 9.55. The van der Waals surface area contributed by atoms with E-state index in [2.05, 4.69) is 10.4 Å². The van der Waals surface area contributed by atoms with E-state index in [1.54, 1.807) is 6.07 Å². The Morgan fingerprint density at radius 1 is 1.03 bits per heavy atom. The number of carbonyl (C=O) groups is 1. The van der Waals surface area contributed by atoms with Crippen LogP contribution in [0.1, 0.15) is 16.7 Å². The first kappa shape index (κ1) is 20.3. The van der Waals surface area contributed by atoms with Gasteiger partial charge in [0.25, 0.3) is 11.5 Å². The molecule has 2 aromatic carbocycles. The zero-order valence-corrected chi connectivity index (χ0v) is 16.9. The fraction of sp³-hybridized carbons (Fsp3) is 0.261. The Kier molecular flexibility index (Phi) is 6.44. The Balaban J connectivity index is 1.55. The average molecular weight is 391 g/mol. The summed E-state index contributed by atoms with van der Waals surface area (Å²) >= 11 is 0. The van der Waals surface area contributed by atoms with Gasteiger partial charge < -0.3 is 10.1 Å². The molecule has 6 heteroatoms. The van der Waals surface area contributed by atoms with Crippen molar-refractivity contribution in [1.82, 2.24) is 15.1 Å². The number of nitrogens with zero attached hydrogens (tertiary/aromatic N) is 2. The van der Waals surface area contributed by atoms with Crippen LogP contribution in [0.25, 0.3) is 11.3 Å². The maximum atomic E-state index is 12.1. The van der Waals surface area contributed by atoms with Crippen LogP contribution in [-0.4, -0.2) is 28.8 Å². The lowest BCUT2D eigenvalue weighted by Gasteiger charge is -2.11. The van der Waals surface area contributed by atoms with E-state index < -0.39 is 0 Å². The molecular weight excluding hydrogens is 366 g/mol. The predicted octanol–water partition coefficient (Wildman–Crippen LogP) is 3.03. The van der Waals surface area contributed by atoms with Crippen molar-refractivity contribution in [2.24, 2.45) is 0 Å². The number of ether oxygens (including phenoxy) is 1. The summed E-state index contributed by atoms with van der Waals surface area (Å²) in [6.07, 6.45) is 0. The minimum Gasteiger partial charge on any atom is -0.483 e. The molecule has 150 valence electrons. The summed E-state index contributed by atoms with van der Waals surface area (Å²) in [7, 11) is 0. The number of hydrogen-bond acceptors (Lipinski definition) is 4. The van der Waals surface area contributed by atoms with Crippen molar-refractivity contribution in [2.75, 3.05) is 13.2 Å². The molecule has 0 aliphatic heterocycles. The number of benzene rings is 2. The summed E-state index contributed by atoms with van der Waals surface area (Å²) in [4.78, 5) is 24.1. The van der Waals surface area contributed by atoms with E-state index in [0.29, 0.717) is 18.0 Å². The molecule has 1 N–H and O–H groups in total. The van der Waals surface area contributed by atoms with E-state index in [1.165, 1.54) is 10.7 Å². The van der Waals surface area contributed by atoms with Gasteiger partial charge in [-0.25, -0.2) is 4.68 Å². The van der Waals surface area contributed by atoms with Crippen LogP contribution in [0.5, 0.6) is 5.75 Å². The Labute approximate surface area is 170 Å². The molecule has 0 bridgehead atoms. The third-order valence-electron chi connectivity index (χ3n) is 4.77. The van der Waals surface area contributed by atoms with Gasteiger partial charge >= 0.3 is 0 Å². The van der Waals surface area contributed by atoms with Gasteiger partial charge in [-0.1, -0.05) is 42.0 Å². The number of hydrogen-bond donors (Lipinski definition) is 1. The van der Waals surface area contributed by atoms with Crippen molar-refractivity contribution in [3.63, 3.8) is 0 Å². The number of aromatic nitrogens is 2. The normalized spacial score (nSPS) is 10.6. The maximum absolute atomic E-state index is 12.1. The molecule has 0 unspecified atom stereocenters. The number of carbonyl (C=O) groups excluding carboxylic acids is 1. The highest BCUT2D eigenvalue weighted by molar-refractivity contribution is 5.77. The van der Waals surface area contributed by atoms with E-state index >= 15 is 0 Å². The third-order valence-corrected chi connectivity index (χ3v) is 4.77. The van der Waals surface area contributed by atoms with E-state index in [1.807, 2.05) is 63.2 Å². The summed E-state index contributed by atoms with van der Waals surface area (Å²) in [5.74, 6) is 0.456. The largest absolute Gasteiger partial charge is 0.483 e. The highest BCUT2D eigenvalue weighted by atomic mass is 16.5. The molecular formula is C23H25N3O3. The fourth-order valence-electron chi connectivity index (χ4n) is 2.86. The van der Waals surface area contributed by atoms with Crippen molar-refractivity contribution in [1.29, 1.82) is 0 Å². The first-order valence-electron chi connectivity index (χ1n) is 9.55. The summed E-state index contributed by atoms with van der Waals surface area (Å²) in [6, 6.07) is 16.9. The van der Waals surface area contributed by atoms with Gasteiger partial charge in [0.1, 0.15) is 5.75 Å². The van der Waals surface area contributed by atoms with E-state index in [0.717, 1.165) is 22.3 Å². The molecule has 0 aliphatic rings. The van der Waals surface area contributed by atoms with Crippen LogP contribution in [0.15, 0.2) is 59.4 Å². The quantitative estimate of drug-likeness (QED) is 0.672. The van der Waals surface area contributed by atoms with Gasteiger partial charge in [-0.05, 0) is 44.0 Å². The topological polar surface area (TPSA) is 73.2 Å². The van der Waals surface area contributed by atoms with Gasteiger partial charge in [0, 0.05) is 18.2 Å². The summed E-state index contributed by atoms with van der Waals surface area (Å²) in [6.45, 7) is 6.48. The Hall–Kier alpha value is -3.41. The highest BCUT2D eigenvalue weighted by Crippen LogP contribution is 2.20. The van der Waals surface area contributed by atoms with Crippen LogP contribution in [0.3, 0.4) is 0 Å². The standard InChI is InChI=1S/C23H25N3O3/c1-16-7-9-19(10-8-16)20-11-12-23(28)26(25-20)14-13-24-22(27)15-29-21-6-4-5-17(2)18(21)3/h4-12H,13-15H2,1-3H3,(H,24,27). The molecule has 3 aromatic rings. The van der Waals surface area contributed by atoms with E-state index in [9.17, 15) is 9.59 Å². The smallest absolute Gasteiger partial charge is 0.266 e. The number of aryl methyl sites for hydroxylation is 2. The maximum Gasteiger partial charge on any atom is 0.266 e. The monoisotopic (exact) mass is 391 g/mol. The first-order chi connectivity index (χ1) is 13.9. The summed E-state index contributed by atoms with van der Waals surface area (Å²) < 4.78 is 6.96. The predicted molar refractivity (Wildman–Crippen MR) is 113 cm³/mol. The van der Waals surface area contributed by atoms with Gasteiger partial charge in [0.2, 0.25) is 0 Å². The van der Waals surface area contributed by atoms with Crippen molar-refractivity contribution < 1.29 is 9.53 Å². The van der Waals surface area contributed by atoms with Gasteiger partial charge in [-0.3, -0.25) is 9.59 Å². The molecule has 0 saturated heterocycles. The lowest BCUT2D eigenvalue weighted by molar-refractivity contribution is -0.123. The Morgan fingerprint density at radius 3 is 2.55 bits per heavy atom. The molecule has 0 atom stereocenters. The fourth-order valence-corrected chi connectivity index (χ4v) is 2.86. The molecule has 0 aliphatic carbocycles. The molecule has 1 aromatic heterocycles. The molecule has 0 saturated carbocycles. The van der Waals surface area contributed by atoms with E-state index in [4.69, 9.17) is 4.74 Å². The van der Waals surface area contributed by atoms with Gasteiger partial charge in [-0.2, -0.15) is 5.10 Å². The van der Waals surface area contributed by atoms with Gasteiger partial charge in [0.15, 0.2) is 6.61 Å². The van der Waals surface area contributed by atoms with Crippen LogP contribution in [-0.2, 0) is 11.3 Å². The lowest BCUT2D eigenvalue weighted by Crippen LogP contribution is -2.34. The van der Waals surface area contributed by atoms with Crippen LogP contribution < -0.4 is 15.6 Å². The van der Waals surface area contributed by atoms with Crippen LogP contribution >= 0.6 is 0 Å². The van der Waals surface area contributed by atoms with Crippen molar-refractivity contribution in [3.8, 4) is 17.0 Å². The molecule has 0 spiro atoms.